The summed E-state index contributed by atoms with van der Waals surface area (Å²) in [6.45, 7) is 3.66. The Balaban J connectivity index is 2.78. The van der Waals surface area contributed by atoms with Crippen LogP contribution in [0.1, 0.15) is 12.0 Å². The van der Waals surface area contributed by atoms with Crippen LogP contribution in [-0.2, 0) is 6.42 Å². The lowest BCUT2D eigenvalue weighted by Gasteiger charge is -2.02. The number of nitrogen functional groups attached to an aromatic ring is 2. The van der Waals surface area contributed by atoms with Crippen molar-refractivity contribution in [1.29, 1.82) is 0 Å². The van der Waals surface area contributed by atoms with Crippen LogP contribution in [0.25, 0.3) is 0 Å². The fourth-order valence-electron chi connectivity index (χ4n) is 1.16. The molecule has 0 aliphatic rings. The van der Waals surface area contributed by atoms with Crippen LogP contribution in [0.3, 0.4) is 0 Å². The van der Waals surface area contributed by atoms with Gasteiger partial charge in [0.25, 0.3) is 0 Å². The molecule has 64 valence electrons. The maximum Gasteiger partial charge on any atom is 0.0337 e. The van der Waals surface area contributed by atoms with Crippen LogP contribution in [0.4, 0.5) is 11.4 Å². The lowest BCUT2D eigenvalue weighted by Crippen LogP contribution is -1.93. The number of aryl methyl sites for hydroxylation is 1. The highest BCUT2D eigenvalue weighted by Gasteiger charge is 1.94. The highest BCUT2D eigenvalue weighted by atomic mass is 14.6. The molecule has 0 unspecified atom stereocenters. The molecule has 0 aliphatic heterocycles. The van der Waals surface area contributed by atoms with Gasteiger partial charge in [-0.2, -0.15) is 0 Å². The third-order valence-electron chi connectivity index (χ3n) is 1.67. The molecule has 0 atom stereocenters. The average molecular weight is 162 g/mol. The minimum Gasteiger partial charge on any atom is -0.399 e. The molecule has 2 nitrogen and oxygen atoms in total. The van der Waals surface area contributed by atoms with Crippen LogP contribution < -0.4 is 11.5 Å². The molecule has 2 heteroatoms. The zero-order chi connectivity index (χ0) is 8.97. The maximum absolute atomic E-state index is 5.63. The van der Waals surface area contributed by atoms with E-state index in [0.29, 0.717) is 0 Å². The normalized spacial score (nSPS) is 9.67. The number of allylic oxidation sites excluding steroid dienone is 1. The fraction of sp³-hybridized carbons (Fsp3) is 0.200. The van der Waals surface area contributed by atoms with E-state index in [0.717, 1.165) is 24.2 Å². The van der Waals surface area contributed by atoms with E-state index in [1.54, 1.807) is 6.07 Å². The molecule has 0 saturated heterocycles. The number of rotatable bonds is 3. The summed E-state index contributed by atoms with van der Waals surface area (Å²) in [5.41, 5.74) is 13.9. The molecule has 4 N–H and O–H groups in total. The van der Waals surface area contributed by atoms with E-state index in [9.17, 15) is 0 Å². The van der Waals surface area contributed by atoms with Crippen LogP contribution in [0, 0.1) is 0 Å². The van der Waals surface area contributed by atoms with Crippen molar-refractivity contribution < 1.29 is 0 Å². The van der Waals surface area contributed by atoms with Gasteiger partial charge in [-0.05, 0) is 36.6 Å². The second kappa shape index (κ2) is 3.81. The van der Waals surface area contributed by atoms with Crippen molar-refractivity contribution in [3.8, 4) is 0 Å². The van der Waals surface area contributed by atoms with Crippen LogP contribution in [0.15, 0.2) is 30.9 Å². The third kappa shape index (κ3) is 2.31. The molecule has 1 aromatic rings. The second-order valence-electron chi connectivity index (χ2n) is 2.84. The van der Waals surface area contributed by atoms with Gasteiger partial charge in [0, 0.05) is 11.4 Å². The van der Waals surface area contributed by atoms with Crippen molar-refractivity contribution in [3.05, 3.63) is 36.4 Å². The minimum absolute atomic E-state index is 0.731. The van der Waals surface area contributed by atoms with E-state index >= 15 is 0 Å². The molecule has 12 heavy (non-hydrogen) atoms. The Bertz CT molecular complexity index is 259. The highest BCUT2D eigenvalue weighted by molar-refractivity contribution is 5.54. The summed E-state index contributed by atoms with van der Waals surface area (Å²) in [6, 6.07) is 5.65. The van der Waals surface area contributed by atoms with Gasteiger partial charge < -0.3 is 11.5 Å². The number of nitrogens with two attached hydrogens (primary N) is 2. The van der Waals surface area contributed by atoms with Gasteiger partial charge in [0.05, 0.1) is 0 Å². The van der Waals surface area contributed by atoms with Gasteiger partial charge in [-0.15, -0.1) is 6.58 Å². The van der Waals surface area contributed by atoms with Gasteiger partial charge in [-0.3, -0.25) is 0 Å². The summed E-state index contributed by atoms with van der Waals surface area (Å²) in [5, 5.41) is 0. The van der Waals surface area contributed by atoms with Gasteiger partial charge in [0.1, 0.15) is 0 Å². The molecule has 1 rings (SSSR count). The van der Waals surface area contributed by atoms with E-state index in [1.807, 2.05) is 18.2 Å². The van der Waals surface area contributed by atoms with Crippen molar-refractivity contribution in [3.63, 3.8) is 0 Å². The lowest BCUT2D eigenvalue weighted by molar-refractivity contribution is 1.01. The molecular formula is C10H14N2. The molecule has 0 aromatic heterocycles. The lowest BCUT2D eigenvalue weighted by atomic mass is 10.1. The molecule has 0 radical (unpaired) electrons. The molecule has 0 saturated carbocycles. The van der Waals surface area contributed by atoms with Crippen molar-refractivity contribution in [2.75, 3.05) is 11.5 Å². The van der Waals surface area contributed by atoms with Crippen LogP contribution >= 0.6 is 0 Å². The van der Waals surface area contributed by atoms with Crippen LogP contribution in [0.2, 0.25) is 0 Å². The zero-order valence-electron chi connectivity index (χ0n) is 7.09. The van der Waals surface area contributed by atoms with Gasteiger partial charge in [-0.25, -0.2) is 0 Å². The topological polar surface area (TPSA) is 52.0 Å². The second-order valence-corrected chi connectivity index (χ2v) is 2.84. The third-order valence-corrected chi connectivity index (χ3v) is 1.67. The SMILES string of the molecule is C=CCCc1cc(N)cc(N)c1. The molecule has 0 heterocycles. The Morgan fingerprint density at radius 2 is 1.75 bits per heavy atom. The Morgan fingerprint density at radius 3 is 2.25 bits per heavy atom. The highest BCUT2D eigenvalue weighted by Crippen LogP contribution is 2.14. The van der Waals surface area contributed by atoms with Crippen molar-refractivity contribution in [2.45, 2.75) is 12.8 Å². The van der Waals surface area contributed by atoms with Gasteiger partial charge in [0.15, 0.2) is 0 Å². The molecule has 1 aromatic carbocycles. The van der Waals surface area contributed by atoms with Crippen LogP contribution in [0.5, 0.6) is 0 Å². The molecule has 0 fully saturated rings. The number of benzene rings is 1. The fourth-order valence-corrected chi connectivity index (χ4v) is 1.16. The predicted molar refractivity (Wildman–Crippen MR) is 53.8 cm³/mol. The first kappa shape index (κ1) is 8.65. The quantitative estimate of drug-likeness (QED) is 0.527. The molecule has 0 amide bonds. The van der Waals surface area contributed by atoms with Crippen molar-refractivity contribution in [2.24, 2.45) is 0 Å². The maximum atomic E-state index is 5.63. The van der Waals surface area contributed by atoms with E-state index in [-0.39, 0.29) is 0 Å². The Morgan fingerprint density at radius 1 is 1.17 bits per heavy atom. The largest absolute Gasteiger partial charge is 0.399 e. The zero-order valence-corrected chi connectivity index (χ0v) is 7.09. The molecular weight excluding hydrogens is 148 g/mol. The van der Waals surface area contributed by atoms with Crippen LogP contribution in [-0.4, -0.2) is 0 Å². The number of anilines is 2. The predicted octanol–water partition coefficient (Wildman–Crippen LogP) is 1.97. The molecule has 0 bridgehead atoms. The monoisotopic (exact) mass is 162 g/mol. The molecule has 0 spiro atoms. The Labute approximate surface area is 72.9 Å². The molecule has 0 aliphatic carbocycles. The number of hydrogen-bond donors (Lipinski definition) is 2. The summed E-state index contributed by atoms with van der Waals surface area (Å²) in [5.74, 6) is 0. The van der Waals surface area contributed by atoms with E-state index in [1.165, 1.54) is 5.56 Å². The van der Waals surface area contributed by atoms with Crippen molar-refractivity contribution >= 4 is 11.4 Å². The average Bonchev–Trinajstić information content (AvgIpc) is 1.99. The van der Waals surface area contributed by atoms with Gasteiger partial charge in [0.2, 0.25) is 0 Å². The Hall–Kier alpha value is -1.44. The van der Waals surface area contributed by atoms with Gasteiger partial charge in [-0.1, -0.05) is 6.08 Å². The summed E-state index contributed by atoms with van der Waals surface area (Å²) >= 11 is 0. The van der Waals surface area contributed by atoms with Gasteiger partial charge >= 0.3 is 0 Å². The minimum atomic E-state index is 0.731. The van der Waals surface area contributed by atoms with E-state index in [4.69, 9.17) is 11.5 Å². The van der Waals surface area contributed by atoms with E-state index in [2.05, 4.69) is 6.58 Å². The first-order chi connectivity index (χ1) is 5.72. The standard InChI is InChI=1S/C10H14N2/c1-2-3-4-8-5-9(11)7-10(12)6-8/h2,5-7H,1,3-4,11-12H2. The Kier molecular flexibility index (Phi) is 2.75. The summed E-state index contributed by atoms with van der Waals surface area (Å²) < 4.78 is 0. The van der Waals surface area contributed by atoms with Crippen molar-refractivity contribution in [1.82, 2.24) is 0 Å². The first-order valence-corrected chi connectivity index (χ1v) is 3.98. The smallest absolute Gasteiger partial charge is 0.0337 e. The summed E-state index contributed by atoms with van der Waals surface area (Å²) in [4.78, 5) is 0. The summed E-state index contributed by atoms with van der Waals surface area (Å²) in [7, 11) is 0. The van der Waals surface area contributed by atoms with E-state index < -0.39 is 0 Å². The summed E-state index contributed by atoms with van der Waals surface area (Å²) in [6.07, 6.45) is 3.81. The first-order valence-electron chi connectivity index (χ1n) is 3.98. The number of hydrogen-bond acceptors (Lipinski definition) is 2.